The van der Waals surface area contributed by atoms with Gasteiger partial charge in [-0.3, -0.25) is 14.4 Å². The maximum absolute atomic E-state index is 12.4. The number of esters is 3. The molecule has 2 rings (SSSR count). The lowest BCUT2D eigenvalue weighted by Gasteiger charge is -2.22. The fourth-order valence-electron chi connectivity index (χ4n) is 2.63. The third-order valence-corrected chi connectivity index (χ3v) is 5.31. The minimum absolute atomic E-state index is 0.0459. The van der Waals surface area contributed by atoms with Crippen molar-refractivity contribution in [1.82, 2.24) is 0 Å². The Labute approximate surface area is 208 Å². The van der Waals surface area contributed by atoms with Crippen LogP contribution in [0.1, 0.15) is 31.9 Å². The summed E-state index contributed by atoms with van der Waals surface area (Å²) < 4.78 is 15.6. The second-order valence-electron chi connectivity index (χ2n) is 8.77. The van der Waals surface area contributed by atoms with Crippen LogP contribution in [0.3, 0.4) is 0 Å². The van der Waals surface area contributed by atoms with Gasteiger partial charge in [0.05, 0.1) is 26.4 Å². The third kappa shape index (κ3) is 7.46. The van der Waals surface area contributed by atoms with Gasteiger partial charge in [0, 0.05) is 13.0 Å². The lowest BCUT2D eigenvalue weighted by Crippen LogP contribution is -2.38. The summed E-state index contributed by atoms with van der Waals surface area (Å²) in [4.78, 5) is 36.0. The van der Waals surface area contributed by atoms with Crippen LogP contribution in [0.25, 0.3) is 12.2 Å². The molecule has 0 saturated carbocycles. The van der Waals surface area contributed by atoms with Gasteiger partial charge >= 0.3 is 17.9 Å². The van der Waals surface area contributed by atoms with Gasteiger partial charge in [-0.1, -0.05) is 24.3 Å². The van der Waals surface area contributed by atoms with Gasteiger partial charge in [0.1, 0.15) is 28.1 Å². The number of carbonyl (C=O) groups excluding carboxylic acids is 3. The summed E-state index contributed by atoms with van der Waals surface area (Å²) >= 11 is 0. The van der Waals surface area contributed by atoms with Crippen molar-refractivity contribution in [2.75, 3.05) is 26.4 Å². The zero-order valence-electron chi connectivity index (χ0n) is 20.3. The molecule has 0 amide bonds. The van der Waals surface area contributed by atoms with Crippen LogP contribution in [0.4, 0.5) is 0 Å². The van der Waals surface area contributed by atoms with E-state index < -0.39 is 55.2 Å². The van der Waals surface area contributed by atoms with Crippen molar-refractivity contribution in [2.45, 2.75) is 20.8 Å². The highest BCUT2D eigenvalue weighted by atomic mass is 16.6. The van der Waals surface area contributed by atoms with Gasteiger partial charge in [0.25, 0.3) is 0 Å². The van der Waals surface area contributed by atoms with Gasteiger partial charge < -0.3 is 34.6 Å². The first-order valence-corrected chi connectivity index (χ1v) is 11.0. The molecule has 194 valence electrons. The third-order valence-electron chi connectivity index (χ3n) is 5.31. The molecule has 0 heterocycles. The molecule has 36 heavy (non-hydrogen) atoms. The Morgan fingerprint density at radius 3 is 1.53 bits per heavy atom. The van der Waals surface area contributed by atoms with Gasteiger partial charge in [0.15, 0.2) is 0 Å². The van der Waals surface area contributed by atoms with Gasteiger partial charge in [-0.2, -0.15) is 0 Å². The van der Waals surface area contributed by atoms with E-state index in [1.807, 2.05) is 0 Å². The first kappa shape index (κ1) is 28.7. The molecule has 0 unspecified atom stereocenters. The summed E-state index contributed by atoms with van der Waals surface area (Å²) in [6.07, 6.45) is 3.37. The van der Waals surface area contributed by atoms with Crippen LogP contribution in [0.2, 0.25) is 0 Å². The second kappa shape index (κ2) is 12.4. The van der Waals surface area contributed by atoms with Crippen molar-refractivity contribution in [3.63, 3.8) is 0 Å². The molecule has 0 atom stereocenters. The first-order chi connectivity index (χ1) is 17.0. The molecule has 2 aromatic rings. The molecule has 10 heteroatoms. The number of hydrogen-bond donors (Lipinski definition) is 4. The monoisotopic (exact) mass is 502 g/mol. The number of rotatable bonds is 11. The van der Waals surface area contributed by atoms with E-state index >= 15 is 0 Å². The Morgan fingerprint density at radius 1 is 0.667 bits per heavy atom. The SMILES string of the molecule is CC(=O)Oc1cc(/C=C/c2ccc(OC(=O)C(C)(CO)CO)cc2)cc(OC(=O)C(C)(CO)CO)c1. The van der Waals surface area contributed by atoms with E-state index in [2.05, 4.69) is 0 Å². The van der Waals surface area contributed by atoms with Crippen molar-refractivity contribution >= 4 is 30.1 Å². The lowest BCUT2D eigenvalue weighted by molar-refractivity contribution is -0.150. The molecule has 4 N–H and O–H groups in total. The Hall–Kier alpha value is -3.57. The van der Waals surface area contributed by atoms with Crippen LogP contribution in [-0.4, -0.2) is 64.8 Å². The zero-order chi connectivity index (χ0) is 26.9. The average Bonchev–Trinajstić information content (AvgIpc) is 2.86. The van der Waals surface area contributed by atoms with Crippen LogP contribution in [0, 0.1) is 10.8 Å². The molecule has 0 radical (unpaired) electrons. The predicted octanol–water partition coefficient (Wildman–Crippen LogP) is 1.57. The average molecular weight is 503 g/mol. The van der Waals surface area contributed by atoms with Crippen LogP contribution >= 0.6 is 0 Å². The quantitative estimate of drug-likeness (QED) is 0.202. The Balaban J connectivity index is 2.23. The molecule has 10 nitrogen and oxygen atoms in total. The molecule has 0 aliphatic heterocycles. The van der Waals surface area contributed by atoms with E-state index in [1.54, 1.807) is 42.5 Å². The van der Waals surface area contributed by atoms with Crippen molar-refractivity contribution in [2.24, 2.45) is 10.8 Å². The van der Waals surface area contributed by atoms with Gasteiger partial charge in [-0.05, 0) is 49.2 Å². The molecule has 2 aromatic carbocycles. The van der Waals surface area contributed by atoms with Crippen molar-refractivity contribution < 1.29 is 49.0 Å². The van der Waals surface area contributed by atoms with Crippen molar-refractivity contribution in [1.29, 1.82) is 0 Å². The first-order valence-electron chi connectivity index (χ1n) is 11.0. The molecule has 0 aliphatic rings. The van der Waals surface area contributed by atoms with E-state index in [1.165, 1.54) is 32.9 Å². The normalized spacial score (nSPS) is 11.9. The molecular weight excluding hydrogens is 472 g/mol. The Bertz CT molecular complexity index is 1100. The van der Waals surface area contributed by atoms with Gasteiger partial charge in [-0.25, -0.2) is 0 Å². The van der Waals surface area contributed by atoms with Crippen molar-refractivity contribution in [3.8, 4) is 17.2 Å². The fourth-order valence-corrected chi connectivity index (χ4v) is 2.63. The second-order valence-corrected chi connectivity index (χ2v) is 8.77. The summed E-state index contributed by atoms with van der Waals surface area (Å²) in [7, 11) is 0. The van der Waals surface area contributed by atoms with E-state index in [-0.39, 0.29) is 17.2 Å². The van der Waals surface area contributed by atoms with Gasteiger partial charge in [0.2, 0.25) is 0 Å². The Morgan fingerprint density at radius 2 is 1.08 bits per heavy atom. The topological polar surface area (TPSA) is 160 Å². The number of aliphatic hydroxyl groups excluding tert-OH is 4. The van der Waals surface area contributed by atoms with E-state index in [9.17, 15) is 34.8 Å². The highest BCUT2D eigenvalue weighted by Gasteiger charge is 2.35. The summed E-state index contributed by atoms with van der Waals surface area (Å²) in [5, 5.41) is 37.4. The maximum Gasteiger partial charge on any atom is 0.321 e. The standard InChI is InChI=1S/C26H30O10/c1-17(31)34-21-10-19(11-22(12-21)36-24(33)26(3,15-29)16-30)5-4-18-6-8-20(9-7-18)35-23(32)25(2,13-27)14-28/h4-12,27-30H,13-16H2,1-3H3/b5-4+. The highest BCUT2D eigenvalue weighted by molar-refractivity contribution is 5.81. The predicted molar refractivity (Wildman–Crippen MR) is 129 cm³/mol. The molecule has 0 saturated heterocycles. The summed E-state index contributed by atoms with van der Waals surface area (Å²) in [5.41, 5.74) is -1.70. The molecule has 0 fully saturated rings. The lowest BCUT2D eigenvalue weighted by atomic mass is 9.93. The molecule has 0 aliphatic carbocycles. The van der Waals surface area contributed by atoms with Crippen LogP contribution < -0.4 is 14.2 Å². The van der Waals surface area contributed by atoms with Crippen LogP contribution in [-0.2, 0) is 14.4 Å². The highest BCUT2D eigenvalue weighted by Crippen LogP contribution is 2.28. The number of benzene rings is 2. The molecule has 0 spiro atoms. The largest absolute Gasteiger partial charge is 0.427 e. The van der Waals surface area contributed by atoms with E-state index in [0.29, 0.717) is 11.1 Å². The smallest absolute Gasteiger partial charge is 0.321 e. The minimum Gasteiger partial charge on any atom is -0.427 e. The van der Waals surface area contributed by atoms with Crippen molar-refractivity contribution in [3.05, 3.63) is 53.6 Å². The number of ether oxygens (including phenoxy) is 3. The number of aliphatic hydroxyl groups is 4. The molecular formula is C26H30O10. The number of carbonyl (C=O) groups is 3. The molecule has 0 bridgehead atoms. The summed E-state index contributed by atoms with van der Waals surface area (Å²) in [5.74, 6) is -1.80. The fraction of sp³-hybridized carbons (Fsp3) is 0.346. The minimum atomic E-state index is -1.51. The van der Waals surface area contributed by atoms with Gasteiger partial charge in [-0.15, -0.1) is 0 Å². The van der Waals surface area contributed by atoms with Crippen LogP contribution in [0.15, 0.2) is 42.5 Å². The summed E-state index contributed by atoms with van der Waals surface area (Å²) in [6.45, 7) is 1.59. The van der Waals surface area contributed by atoms with E-state index in [0.717, 1.165) is 0 Å². The molecule has 0 aromatic heterocycles. The number of hydrogen-bond acceptors (Lipinski definition) is 10. The van der Waals surface area contributed by atoms with E-state index in [4.69, 9.17) is 14.2 Å². The van der Waals surface area contributed by atoms with Crippen LogP contribution in [0.5, 0.6) is 17.2 Å². The summed E-state index contributed by atoms with van der Waals surface area (Å²) in [6, 6.07) is 10.8. The maximum atomic E-state index is 12.4. The zero-order valence-corrected chi connectivity index (χ0v) is 20.3. The Kier molecular flexibility index (Phi) is 9.88.